The molecule has 2 aromatic heterocycles. The number of thioether (sulfide) groups is 1. The number of hydrogen-bond acceptors (Lipinski definition) is 5. The SMILES string of the molecule is O=C(CSCc1nc2sc3c(c2c(=O)[nH]1)CCC3)N(CCc1ccccc1)Cc1ccccc1. The standard InChI is InChI=1S/C27H27N3O2S2/c31-24(30(16-20-10-5-2-6-11-20)15-14-19-8-3-1-4-9-19)18-33-17-23-28-26(32)25-21-12-7-13-22(21)34-27(25)29-23/h1-6,8-11H,7,12-18H2,(H,28,29,32). The third-order valence-electron chi connectivity index (χ3n) is 6.17. The first kappa shape index (κ1) is 22.9. The van der Waals surface area contributed by atoms with Crippen molar-refractivity contribution in [2.45, 2.75) is 38.0 Å². The average Bonchev–Trinajstić information content (AvgIpc) is 3.44. The minimum Gasteiger partial charge on any atom is -0.337 e. The van der Waals surface area contributed by atoms with Gasteiger partial charge in [0.25, 0.3) is 5.56 Å². The summed E-state index contributed by atoms with van der Waals surface area (Å²) in [7, 11) is 0. The van der Waals surface area contributed by atoms with Crippen molar-refractivity contribution in [1.29, 1.82) is 0 Å². The van der Waals surface area contributed by atoms with Crippen molar-refractivity contribution < 1.29 is 4.79 Å². The second-order valence-corrected chi connectivity index (χ2v) is 10.6. The zero-order valence-electron chi connectivity index (χ0n) is 19.0. The number of H-pyrrole nitrogens is 1. The molecule has 0 saturated carbocycles. The smallest absolute Gasteiger partial charge is 0.259 e. The summed E-state index contributed by atoms with van der Waals surface area (Å²) in [6, 6.07) is 20.4. The summed E-state index contributed by atoms with van der Waals surface area (Å²) in [5, 5.41) is 0.775. The zero-order valence-corrected chi connectivity index (χ0v) is 20.6. The topological polar surface area (TPSA) is 66.1 Å². The van der Waals surface area contributed by atoms with Crippen molar-refractivity contribution in [3.05, 3.63) is 98.4 Å². The van der Waals surface area contributed by atoms with E-state index in [2.05, 4.69) is 29.2 Å². The number of hydrogen-bond donors (Lipinski definition) is 1. The minimum atomic E-state index is -0.0418. The van der Waals surface area contributed by atoms with E-state index in [9.17, 15) is 9.59 Å². The van der Waals surface area contributed by atoms with Gasteiger partial charge in [0, 0.05) is 18.0 Å². The summed E-state index contributed by atoms with van der Waals surface area (Å²) in [5.74, 6) is 1.61. The largest absolute Gasteiger partial charge is 0.337 e. The molecule has 0 unspecified atom stereocenters. The van der Waals surface area contributed by atoms with Gasteiger partial charge in [0.05, 0.1) is 16.9 Å². The van der Waals surface area contributed by atoms with Crippen molar-refractivity contribution in [2.75, 3.05) is 12.3 Å². The molecule has 5 nitrogen and oxygen atoms in total. The quantitative estimate of drug-likeness (QED) is 0.360. The summed E-state index contributed by atoms with van der Waals surface area (Å²) in [4.78, 5) is 37.5. The maximum absolute atomic E-state index is 13.1. The molecule has 7 heteroatoms. The van der Waals surface area contributed by atoms with Crippen molar-refractivity contribution >= 4 is 39.2 Å². The van der Waals surface area contributed by atoms with Crippen LogP contribution in [0.5, 0.6) is 0 Å². The Balaban J connectivity index is 1.23. The van der Waals surface area contributed by atoms with Crippen molar-refractivity contribution in [2.24, 2.45) is 0 Å². The van der Waals surface area contributed by atoms with Crippen LogP contribution in [-0.2, 0) is 36.4 Å². The number of fused-ring (bicyclic) bond motifs is 3. The number of nitrogens with one attached hydrogen (secondary N) is 1. The molecule has 0 bridgehead atoms. The van der Waals surface area contributed by atoms with E-state index in [1.165, 1.54) is 27.8 Å². The van der Waals surface area contributed by atoms with Crippen LogP contribution in [0, 0.1) is 0 Å². The molecule has 0 aliphatic heterocycles. The van der Waals surface area contributed by atoms with Crippen LogP contribution < -0.4 is 5.56 Å². The molecule has 5 rings (SSSR count). The Hall–Kier alpha value is -2.90. The zero-order chi connectivity index (χ0) is 23.3. The van der Waals surface area contributed by atoms with Crippen LogP contribution in [0.2, 0.25) is 0 Å². The van der Waals surface area contributed by atoms with Gasteiger partial charge in [0.1, 0.15) is 10.7 Å². The number of aromatic amines is 1. The Bertz CT molecular complexity index is 1330. The predicted molar refractivity (Wildman–Crippen MR) is 140 cm³/mol. The fraction of sp³-hybridized carbons (Fsp3) is 0.296. The van der Waals surface area contributed by atoms with Gasteiger partial charge >= 0.3 is 0 Å². The van der Waals surface area contributed by atoms with Crippen LogP contribution in [-0.4, -0.2) is 33.1 Å². The molecule has 1 N–H and O–H groups in total. The van der Waals surface area contributed by atoms with Crippen LogP contribution in [0.4, 0.5) is 0 Å². The lowest BCUT2D eigenvalue weighted by Gasteiger charge is -2.23. The molecule has 2 heterocycles. The second-order valence-electron chi connectivity index (χ2n) is 8.58. The van der Waals surface area contributed by atoms with Gasteiger partial charge in [-0.05, 0) is 42.4 Å². The molecule has 34 heavy (non-hydrogen) atoms. The van der Waals surface area contributed by atoms with E-state index in [4.69, 9.17) is 4.98 Å². The summed E-state index contributed by atoms with van der Waals surface area (Å²) < 4.78 is 0. The molecule has 0 saturated heterocycles. The van der Waals surface area contributed by atoms with Crippen LogP contribution in [0.1, 0.15) is 33.8 Å². The summed E-state index contributed by atoms with van der Waals surface area (Å²) in [6.45, 7) is 1.26. The molecular weight excluding hydrogens is 462 g/mol. The first-order chi connectivity index (χ1) is 16.7. The van der Waals surface area contributed by atoms with Crippen molar-refractivity contribution in [3.8, 4) is 0 Å². The highest BCUT2D eigenvalue weighted by Crippen LogP contribution is 2.34. The first-order valence-electron chi connectivity index (χ1n) is 11.6. The fourth-order valence-electron chi connectivity index (χ4n) is 4.45. The van der Waals surface area contributed by atoms with E-state index in [-0.39, 0.29) is 11.5 Å². The normalized spacial score (nSPS) is 12.7. The molecule has 1 aliphatic rings. The second kappa shape index (κ2) is 10.6. The molecule has 0 fully saturated rings. The number of carbonyl (C=O) groups is 1. The predicted octanol–water partition coefficient (Wildman–Crippen LogP) is 4.98. The molecule has 1 aliphatic carbocycles. The van der Waals surface area contributed by atoms with E-state index in [0.717, 1.165) is 41.5 Å². The van der Waals surface area contributed by atoms with E-state index in [1.807, 2.05) is 41.3 Å². The maximum Gasteiger partial charge on any atom is 0.259 e. The van der Waals surface area contributed by atoms with E-state index in [0.29, 0.717) is 30.4 Å². The lowest BCUT2D eigenvalue weighted by atomic mass is 10.1. The number of aromatic nitrogens is 2. The highest BCUT2D eigenvalue weighted by Gasteiger charge is 2.21. The molecule has 4 aromatic rings. The Labute approximate surface area is 207 Å². The molecule has 0 radical (unpaired) electrons. The van der Waals surface area contributed by atoms with E-state index >= 15 is 0 Å². The molecule has 174 valence electrons. The molecule has 0 spiro atoms. The highest BCUT2D eigenvalue weighted by atomic mass is 32.2. The van der Waals surface area contributed by atoms with Gasteiger partial charge in [-0.15, -0.1) is 23.1 Å². The number of amides is 1. The maximum atomic E-state index is 13.1. The third-order valence-corrected chi connectivity index (χ3v) is 8.28. The van der Waals surface area contributed by atoms with Gasteiger partial charge in [-0.1, -0.05) is 60.7 Å². The summed E-state index contributed by atoms with van der Waals surface area (Å²) in [6.07, 6.45) is 3.97. The Morgan fingerprint density at radius 3 is 2.53 bits per heavy atom. The third kappa shape index (κ3) is 5.26. The molecule has 0 atom stereocenters. The summed E-state index contributed by atoms with van der Waals surface area (Å²) in [5.41, 5.74) is 3.49. The van der Waals surface area contributed by atoms with Crippen LogP contribution in [0.25, 0.3) is 10.2 Å². The van der Waals surface area contributed by atoms with Gasteiger partial charge in [0.15, 0.2) is 0 Å². The first-order valence-corrected chi connectivity index (χ1v) is 13.6. The molecule has 1 amide bonds. The van der Waals surface area contributed by atoms with Crippen LogP contribution >= 0.6 is 23.1 Å². The number of benzene rings is 2. The van der Waals surface area contributed by atoms with E-state index in [1.54, 1.807) is 11.3 Å². The number of aryl methyl sites for hydroxylation is 2. The molecule has 2 aromatic carbocycles. The fourth-order valence-corrected chi connectivity index (χ4v) is 6.52. The van der Waals surface area contributed by atoms with Gasteiger partial charge < -0.3 is 9.88 Å². The number of carbonyl (C=O) groups excluding carboxylic acids is 1. The van der Waals surface area contributed by atoms with E-state index < -0.39 is 0 Å². The van der Waals surface area contributed by atoms with Crippen LogP contribution in [0.15, 0.2) is 65.5 Å². The van der Waals surface area contributed by atoms with Gasteiger partial charge in [-0.2, -0.15) is 0 Å². The lowest BCUT2D eigenvalue weighted by molar-refractivity contribution is -0.128. The average molecular weight is 490 g/mol. The Morgan fingerprint density at radius 1 is 1.03 bits per heavy atom. The number of rotatable bonds is 9. The number of nitrogens with zero attached hydrogens (tertiary/aromatic N) is 2. The Morgan fingerprint density at radius 2 is 1.76 bits per heavy atom. The lowest BCUT2D eigenvalue weighted by Crippen LogP contribution is -2.34. The van der Waals surface area contributed by atoms with Crippen LogP contribution in [0.3, 0.4) is 0 Å². The highest BCUT2D eigenvalue weighted by molar-refractivity contribution is 7.99. The Kier molecular flexibility index (Phi) is 7.11. The number of thiophene rings is 1. The minimum absolute atomic E-state index is 0.0418. The van der Waals surface area contributed by atoms with Gasteiger partial charge in [0.2, 0.25) is 5.91 Å². The van der Waals surface area contributed by atoms with Gasteiger partial charge in [-0.3, -0.25) is 9.59 Å². The summed E-state index contributed by atoms with van der Waals surface area (Å²) >= 11 is 3.15. The molecular formula is C27H27N3O2S2. The van der Waals surface area contributed by atoms with Crippen molar-refractivity contribution in [1.82, 2.24) is 14.9 Å². The monoisotopic (exact) mass is 489 g/mol. The van der Waals surface area contributed by atoms with Gasteiger partial charge in [-0.25, -0.2) is 4.98 Å². The van der Waals surface area contributed by atoms with Crippen molar-refractivity contribution in [3.63, 3.8) is 0 Å².